The van der Waals surface area contributed by atoms with E-state index in [0.29, 0.717) is 31.3 Å². The number of benzene rings is 2. The highest BCUT2D eigenvalue weighted by atomic mass is 127. The van der Waals surface area contributed by atoms with Gasteiger partial charge in [0.25, 0.3) is 0 Å². The molecule has 30 heavy (non-hydrogen) atoms. The van der Waals surface area contributed by atoms with E-state index in [1.807, 2.05) is 55.5 Å². The first-order valence-electron chi connectivity index (χ1n) is 9.44. The smallest absolute Gasteiger partial charge is 0.411 e. The summed E-state index contributed by atoms with van der Waals surface area (Å²) in [6, 6.07) is 15.3. The summed E-state index contributed by atoms with van der Waals surface area (Å²) in [4.78, 5) is 15.9. The van der Waals surface area contributed by atoms with Crippen molar-refractivity contribution in [3.8, 4) is 5.75 Å². The summed E-state index contributed by atoms with van der Waals surface area (Å²) >= 11 is 0. The van der Waals surface area contributed by atoms with E-state index in [1.165, 1.54) is 7.11 Å². The molecule has 0 atom stereocenters. The Morgan fingerprint density at radius 3 is 2.53 bits per heavy atom. The van der Waals surface area contributed by atoms with Gasteiger partial charge in [0.15, 0.2) is 5.96 Å². The Morgan fingerprint density at radius 2 is 1.87 bits per heavy atom. The SMILES string of the molecule is C=CCOc1ccccc1CNC(=NCc1ccc(NC(=O)OC)cc1)NCC.I. The van der Waals surface area contributed by atoms with Crippen LogP contribution in [-0.4, -0.2) is 32.3 Å². The zero-order valence-corrected chi connectivity index (χ0v) is 19.6. The van der Waals surface area contributed by atoms with Crippen LogP contribution in [-0.2, 0) is 17.8 Å². The number of carbonyl (C=O) groups is 1. The molecule has 0 aliphatic heterocycles. The second-order valence-corrected chi connectivity index (χ2v) is 6.07. The topological polar surface area (TPSA) is 84.0 Å². The van der Waals surface area contributed by atoms with Gasteiger partial charge in [0, 0.05) is 24.3 Å². The molecule has 0 aromatic heterocycles. The second-order valence-electron chi connectivity index (χ2n) is 6.07. The third-order valence-electron chi connectivity index (χ3n) is 3.93. The number of carbonyl (C=O) groups excluding carboxylic acids is 1. The van der Waals surface area contributed by atoms with Gasteiger partial charge >= 0.3 is 6.09 Å². The Bertz CT molecular complexity index is 825. The van der Waals surface area contributed by atoms with Crippen molar-refractivity contribution < 1.29 is 14.3 Å². The van der Waals surface area contributed by atoms with E-state index in [1.54, 1.807) is 6.08 Å². The molecule has 0 bridgehead atoms. The number of amides is 1. The number of aliphatic imine (C=N–C) groups is 1. The Morgan fingerprint density at radius 1 is 1.13 bits per heavy atom. The average Bonchev–Trinajstić information content (AvgIpc) is 2.75. The first-order chi connectivity index (χ1) is 14.2. The molecule has 0 spiro atoms. The molecule has 0 radical (unpaired) electrons. The van der Waals surface area contributed by atoms with E-state index in [-0.39, 0.29) is 24.0 Å². The van der Waals surface area contributed by atoms with Gasteiger partial charge in [-0.25, -0.2) is 9.79 Å². The zero-order valence-electron chi connectivity index (χ0n) is 17.3. The lowest BCUT2D eigenvalue weighted by Gasteiger charge is -2.14. The molecule has 3 N–H and O–H groups in total. The lowest BCUT2D eigenvalue weighted by Crippen LogP contribution is -2.36. The molecule has 8 heteroatoms. The molecule has 2 rings (SSSR count). The van der Waals surface area contributed by atoms with Crippen LogP contribution >= 0.6 is 24.0 Å². The van der Waals surface area contributed by atoms with E-state index in [4.69, 9.17) is 4.74 Å². The standard InChI is InChI=1S/C22H28N4O3.HI/c1-4-14-29-20-9-7-6-8-18(20)16-25-21(23-5-2)24-15-17-10-12-19(13-11-17)26-22(27)28-3;/h4,6-13H,1,5,14-16H2,2-3H3,(H,26,27)(H2,23,24,25);1H. The van der Waals surface area contributed by atoms with Crippen molar-refractivity contribution in [1.29, 1.82) is 0 Å². The lowest BCUT2D eigenvalue weighted by molar-refractivity contribution is 0.187. The molecule has 162 valence electrons. The molecule has 0 saturated heterocycles. The molecule has 0 aliphatic rings. The van der Waals surface area contributed by atoms with Gasteiger partial charge in [-0.1, -0.05) is 43.0 Å². The maximum absolute atomic E-state index is 11.2. The van der Waals surface area contributed by atoms with Gasteiger partial charge in [-0.15, -0.1) is 24.0 Å². The predicted molar refractivity (Wildman–Crippen MR) is 132 cm³/mol. The van der Waals surface area contributed by atoms with Crippen LogP contribution in [0.2, 0.25) is 0 Å². The van der Waals surface area contributed by atoms with Crippen molar-refractivity contribution in [2.45, 2.75) is 20.0 Å². The highest BCUT2D eigenvalue weighted by molar-refractivity contribution is 14.0. The normalized spacial score (nSPS) is 10.4. The summed E-state index contributed by atoms with van der Waals surface area (Å²) in [5.74, 6) is 1.53. The number of para-hydroxylation sites is 1. The summed E-state index contributed by atoms with van der Waals surface area (Å²) in [6.45, 7) is 8.01. The minimum atomic E-state index is -0.494. The van der Waals surface area contributed by atoms with Crippen LogP contribution in [0.25, 0.3) is 0 Å². The lowest BCUT2D eigenvalue weighted by atomic mass is 10.2. The predicted octanol–water partition coefficient (Wildman–Crippen LogP) is 4.30. The summed E-state index contributed by atoms with van der Waals surface area (Å²) in [6.07, 6.45) is 1.23. The fourth-order valence-electron chi connectivity index (χ4n) is 2.49. The van der Waals surface area contributed by atoms with E-state index >= 15 is 0 Å². The molecule has 0 saturated carbocycles. The molecule has 2 aromatic carbocycles. The molecule has 0 aliphatic carbocycles. The minimum absolute atomic E-state index is 0. The Balaban J connectivity index is 0.00000450. The number of hydrogen-bond acceptors (Lipinski definition) is 4. The van der Waals surface area contributed by atoms with Crippen LogP contribution in [0.15, 0.2) is 66.2 Å². The van der Waals surface area contributed by atoms with E-state index in [9.17, 15) is 4.79 Å². The Hall–Kier alpha value is -2.75. The van der Waals surface area contributed by atoms with Crippen molar-refractivity contribution in [2.24, 2.45) is 4.99 Å². The zero-order chi connectivity index (χ0) is 20.9. The van der Waals surface area contributed by atoms with Crippen LogP contribution in [0, 0.1) is 0 Å². The van der Waals surface area contributed by atoms with Crippen LogP contribution < -0.4 is 20.7 Å². The van der Waals surface area contributed by atoms with Crippen molar-refractivity contribution in [2.75, 3.05) is 25.6 Å². The minimum Gasteiger partial charge on any atom is -0.489 e. The number of anilines is 1. The average molecular weight is 524 g/mol. The van der Waals surface area contributed by atoms with Gasteiger partial charge in [0.1, 0.15) is 12.4 Å². The maximum atomic E-state index is 11.2. The largest absolute Gasteiger partial charge is 0.489 e. The third kappa shape index (κ3) is 8.73. The van der Waals surface area contributed by atoms with Gasteiger partial charge in [-0.2, -0.15) is 0 Å². The Labute approximate surface area is 195 Å². The Kier molecular flexibility index (Phi) is 12.0. The van der Waals surface area contributed by atoms with Crippen LogP contribution in [0.3, 0.4) is 0 Å². The first-order valence-corrected chi connectivity index (χ1v) is 9.44. The molecule has 0 fully saturated rings. The summed E-state index contributed by atoms with van der Waals surface area (Å²) in [5.41, 5.74) is 2.73. The van der Waals surface area contributed by atoms with Gasteiger partial charge in [0.2, 0.25) is 0 Å². The number of methoxy groups -OCH3 is 1. The van der Waals surface area contributed by atoms with E-state index < -0.39 is 6.09 Å². The van der Waals surface area contributed by atoms with Gasteiger partial charge < -0.3 is 20.1 Å². The fraction of sp³-hybridized carbons (Fsp3) is 0.273. The summed E-state index contributed by atoms with van der Waals surface area (Å²) < 4.78 is 10.3. The number of hydrogen-bond donors (Lipinski definition) is 3. The third-order valence-corrected chi connectivity index (χ3v) is 3.93. The molecular formula is C22H29IN4O3. The van der Waals surface area contributed by atoms with Gasteiger partial charge in [-0.3, -0.25) is 5.32 Å². The van der Waals surface area contributed by atoms with Crippen LogP contribution in [0.4, 0.5) is 10.5 Å². The van der Waals surface area contributed by atoms with Crippen molar-refractivity contribution in [1.82, 2.24) is 10.6 Å². The van der Waals surface area contributed by atoms with Crippen LogP contribution in [0.1, 0.15) is 18.1 Å². The molecule has 2 aromatic rings. The number of nitrogens with one attached hydrogen (secondary N) is 3. The molecule has 0 unspecified atom stereocenters. The maximum Gasteiger partial charge on any atom is 0.411 e. The number of ether oxygens (including phenoxy) is 2. The first kappa shape index (κ1) is 25.3. The second kappa shape index (κ2) is 14.3. The fourth-order valence-corrected chi connectivity index (χ4v) is 2.49. The van der Waals surface area contributed by atoms with Crippen molar-refractivity contribution >= 4 is 41.7 Å². The number of guanidine groups is 1. The summed E-state index contributed by atoms with van der Waals surface area (Å²) in [7, 11) is 1.33. The van der Waals surface area contributed by atoms with E-state index in [2.05, 4.69) is 32.3 Å². The monoisotopic (exact) mass is 524 g/mol. The van der Waals surface area contributed by atoms with E-state index in [0.717, 1.165) is 23.4 Å². The highest BCUT2D eigenvalue weighted by Gasteiger charge is 2.05. The van der Waals surface area contributed by atoms with Crippen molar-refractivity contribution in [3.05, 3.63) is 72.3 Å². The quantitative estimate of drug-likeness (QED) is 0.197. The molecular weight excluding hydrogens is 495 g/mol. The van der Waals surface area contributed by atoms with Crippen LogP contribution in [0.5, 0.6) is 5.75 Å². The molecule has 0 heterocycles. The number of nitrogens with zero attached hydrogens (tertiary/aromatic N) is 1. The van der Waals surface area contributed by atoms with Gasteiger partial charge in [0.05, 0.1) is 13.7 Å². The number of rotatable bonds is 9. The van der Waals surface area contributed by atoms with Gasteiger partial charge in [-0.05, 0) is 30.7 Å². The molecule has 7 nitrogen and oxygen atoms in total. The van der Waals surface area contributed by atoms with Crippen molar-refractivity contribution in [3.63, 3.8) is 0 Å². The highest BCUT2D eigenvalue weighted by Crippen LogP contribution is 2.17. The molecule has 1 amide bonds. The summed E-state index contributed by atoms with van der Waals surface area (Å²) in [5, 5.41) is 9.19. The number of halogens is 1.